The van der Waals surface area contributed by atoms with E-state index < -0.39 is 11.1 Å². The van der Waals surface area contributed by atoms with Crippen molar-refractivity contribution in [2.75, 3.05) is 6.54 Å². The van der Waals surface area contributed by atoms with Crippen molar-refractivity contribution < 1.29 is 14.4 Å². The number of amides is 3. The van der Waals surface area contributed by atoms with E-state index in [1.165, 1.54) is 4.90 Å². The Morgan fingerprint density at radius 3 is 2.20 bits per heavy atom. The first-order valence-electron chi connectivity index (χ1n) is 14.5. The number of rotatable bonds is 6. The molecule has 0 fully saturated rings. The number of carbonyl (C=O) groups is 3. The second-order valence-corrected chi connectivity index (χ2v) is 12.0. The van der Waals surface area contributed by atoms with E-state index in [9.17, 15) is 14.4 Å². The Kier molecular flexibility index (Phi) is 7.24. The van der Waals surface area contributed by atoms with Gasteiger partial charge in [-0.25, -0.2) is 4.99 Å². The van der Waals surface area contributed by atoms with Gasteiger partial charge in [0.05, 0.1) is 13.1 Å². The average molecular weight is 591 g/mol. The Balaban J connectivity index is 1.21. The first kappa shape index (κ1) is 28.8. The van der Waals surface area contributed by atoms with E-state index in [0.717, 1.165) is 16.7 Å². The van der Waals surface area contributed by atoms with Crippen LogP contribution in [0.2, 0.25) is 0 Å². The van der Waals surface area contributed by atoms with Crippen molar-refractivity contribution in [2.45, 2.75) is 51.5 Å². The van der Waals surface area contributed by atoms with Gasteiger partial charge in [0.1, 0.15) is 0 Å². The van der Waals surface area contributed by atoms with Gasteiger partial charge in [0.15, 0.2) is 17.3 Å². The highest BCUT2D eigenvalue weighted by atomic mass is 16.2. The third kappa shape index (κ3) is 5.21. The van der Waals surface area contributed by atoms with Gasteiger partial charge in [0.25, 0.3) is 17.7 Å². The maximum Gasteiger partial charge on any atom is 0.289 e. The lowest BCUT2D eigenvalue weighted by molar-refractivity contribution is -0.130. The first-order valence-corrected chi connectivity index (χ1v) is 14.5. The largest absolute Gasteiger partial charge is 0.369 e. The van der Waals surface area contributed by atoms with E-state index in [1.54, 1.807) is 27.7 Å². The summed E-state index contributed by atoms with van der Waals surface area (Å²) in [5.74, 6) is 0.155. The van der Waals surface area contributed by atoms with Crippen LogP contribution in [0.25, 0.3) is 0 Å². The molecule has 3 N–H and O–H groups in total. The highest BCUT2D eigenvalue weighted by Crippen LogP contribution is 2.40. The molecule has 6 rings (SSSR count). The molecule has 0 unspecified atom stereocenters. The van der Waals surface area contributed by atoms with Gasteiger partial charge in [-0.2, -0.15) is 0 Å². The van der Waals surface area contributed by atoms with Crippen molar-refractivity contribution in [3.8, 4) is 0 Å². The zero-order chi connectivity index (χ0) is 31.1. The van der Waals surface area contributed by atoms with E-state index in [1.807, 2.05) is 87.5 Å². The maximum atomic E-state index is 14.2. The first-order chi connectivity index (χ1) is 21.1. The van der Waals surface area contributed by atoms with Crippen LogP contribution in [0.3, 0.4) is 0 Å². The minimum absolute atomic E-state index is 0.112. The predicted octanol–water partition coefficient (Wildman–Crippen LogP) is 3.06. The predicted molar refractivity (Wildman–Crippen MR) is 164 cm³/mol. The van der Waals surface area contributed by atoms with Crippen LogP contribution in [0, 0.1) is 0 Å². The Morgan fingerprint density at radius 1 is 0.909 bits per heavy atom. The zero-order valence-corrected chi connectivity index (χ0v) is 24.9. The SMILES string of the molecule is CC(C)(C)NC(=O)c1nnc2n1CCN(C(=O)c1cccc(CN3C(=O)C(c4ccccc4)(c4ccccc4)N=C3N)c1)C2. The Hall–Kier alpha value is -5.32. The third-order valence-electron chi connectivity index (χ3n) is 7.74. The van der Waals surface area contributed by atoms with Gasteiger partial charge in [0, 0.05) is 24.2 Å². The lowest BCUT2D eigenvalue weighted by atomic mass is 9.83. The molecule has 0 saturated carbocycles. The number of hydrogen-bond acceptors (Lipinski definition) is 7. The van der Waals surface area contributed by atoms with Crippen LogP contribution in [0.4, 0.5) is 0 Å². The Morgan fingerprint density at radius 2 is 1.57 bits per heavy atom. The fourth-order valence-electron chi connectivity index (χ4n) is 5.70. The molecule has 3 heterocycles. The third-order valence-corrected chi connectivity index (χ3v) is 7.74. The van der Waals surface area contributed by atoms with Crippen molar-refractivity contribution in [3.63, 3.8) is 0 Å². The van der Waals surface area contributed by atoms with Crippen LogP contribution in [0.5, 0.6) is 0 Å². The molecule has 2 aliphatic rings. The van der Waals surface area contributed by atoms with Crippen LogP contribution in [-0.4, -0.2) is 60.3 Å². The zero-order valence-electron chi connectivity index (χ0n) is 24.9. The summed E-state index contributed by atoms with van der Waals surface area (Å²) in [6, 6.07) is 26.0. The van der Waals surface area contributed by atoms with Gasteiger partial charge in [-0.1, -0.05) is 72.8 Å². The molecule has 4 aromatic rings. The van der Waals surface area contributed by atoms with Gasteiger partial charge in [-0.3, -0.25) is 19.3 Å². The lowest BCUT2D eigenvalue weighted by Crippen LogP contribution is -2.43. The molecule has 1 aromatic heterocycles. The molecule has 0 spiro atoms. The second kappa shape index (κ2) is 11.1. The number of guanidine groups is 1. The number of carbonyl (C=O) groups excluding carboxylic acids is 3. The molecule has 0 aliphatic carbocycles. The quantitative estimate of drug-likeness (QED) is 0.354. The summed E-state index contributed by atoms with van der Waals surface area (Å²) in [4.78, 5) is 48.4. The second-order valence-electron chi connectivity index (χ2n) is 12.0. The van der Waals surface area contributed by atoms with Gasteiger partial charge in [-0.15, -0.1) is 10.2 Å². The minimum atomic E-state index is -1.30. The minimum Gasteiger partial charge on any atom is -0.369 e. The van der Waals surface area contributed by atoms with Gasteiger partial charge in [0.2, 0.25) is 5.82 Å². The molecule has 2 aliphatic heterocycles. The number of aliphatic imine (C=N–C) groups is 1. The van der Waals surface area contributed by atoms with Crippen LogP contribution < -0.4 is 11.1 Å². The molecule has 0 radical (unpaired) electrons. The summed E-state index contributed by atoms with van der Waals surface area (Å²) in [6.45, 7) is 6.86. The molecule has 224 valence electrons. The van der Waals surface area contributed by atoms with Crippen molar-refractivity contribution in [1.82, 2.24) is 29.9 Å². The fraction of sp³-hybridized carbons (Fsp3) is 0.273. The molecule has 0 bridgehead atoms. The standard InChI is InChI=1S/C33H34N8O3/c1-32(2,3)35-28(42)27-38-37-26-21-39(17-18-40(26)27)29(43)23-12-10-11-22(19-23)20-41-30(44)33(36-31(41)34,24-13-6-4-7-14-24)25-15-8-5-9-16-25/h4-16,19H,17-18,20-21H2,1-3H3,(H2,34,36)(H,35,42). The molecule has 11 nitrogen and oxygen atoms in total. The van der Waals surface area contributed by atoms with E-state index in [-0.39, 0.29) is 42.6 Å². The van der Waals surface area contributed by atoms with Crippen molar-refractivity contribution >= 4 is 23.7 Å². The summed E-state index contributed by atoms with van der Waals surface area (Å²) < 4.78 is 1.76. The summed E-state index contributed by atoms with van der Waals surface area (Å²) in [7, 11) is 0. The fourth-order valence-corrected chi connectivity index (χ4v) is 5.70. The monoisotopic (exact) mass is 590 g/mol. The van der Waals surface area contributed by atoms with Crippen LogP contribution in [0.15, 0.2) is 89.9 Å². The van der Waals surface area contributed by atoms with Crippen LogP contribution in [0.1, 0.15) is 64.3 Å². The molecular formula is C33H34N8O3. The number of aromatic nitrogens is 3. The number of nitrogens with one attached hydrogen (secondary N) is 1. The molecule has 44 heavy (non-hydrogen) atoms. The lowest BCUT2D eigenvalue weighted by Gasteiger charge is -2.28. The van der Waals surface area contributed by atoms with Crippen molar-refractivity contribution in [2.24, 2.45) is 10.7 Å². The summed E-state index contributed by atoms with van der Waals surface area (Å²) in [5, 5.41) is 11.2. The Bertz CT molecular complexity index is 1720. The maximum absolute atomic E-state index is 14.2. The topological polar surface area (TPSA) is 139 Å². The van der Waals surface area contributed by atoms with Crippen LogP contribution >= 0.6 is 0 Å². The van der Waals surface area contributed by atoms with Gasteiger partial charge in [-0.05, 0) is 49.6 Å². The van der Waals surface area contributed by atoms with Crippen LogP contribution in [-0.2, 0) is 30.0 Å². The normalized spacial score (nSPS) is 16.0. The van der Waals surface area contributed by atoms with E-state index in [0.29, 0.717) is 24.5 Å². The van der Waals surface area contributed by atoms with Crippen molar-refractivity contribution in [3.05, 3.63) is 119 Å². The summed E-state index contributed by atoms with van der Waals surface area (Å²) >= 11 is 0. The molecule has 3 amide bonds. The molecule has 3 aromatic carbocycles. The molecular weight excluding hydrogens is 556 g/mol. The van der Waals surface area contributed by atoms with E-state index in [4.69, 9.17) is 10.7 Å². The van der Waals surface area contributed by atoms with Gasteiger partial charge >= 0.3 is 0 Å². The van der Waals surface area contributed by atoms with Gasteiger partial charge < -0.3 is 20.5 Å². The molecule has 0 saturated heterocycles. The Labute approximate surface area is 255 Å². The number of benzene rings is 3. The number of fused-ring (bicyclic) bond motifs is 1. The van der Waals surface area contributed by atoms with Crippen molar-refractivity contribution in [1.29, 1.82) is 0 Å². The molecule has 11 heteroatoms. The summed E-state index contributed by atoms with van der Waals surface area (Å²) in [6.07, 6.45) is 0. The number of nitrogens with two attached hydrogens (primary N) is 1. The summed E-state index contributed by atoms with van der Waals surface area (Å²) in [5.41, 5.74) is 7.37. The molecule has 0 atom stereocenters. The van der Waals surface area contributed by atoms with E-state index >= 15 is 0 Å². The smallest absolute Gasteiger partial charge is 0.289 e. The van der Waals surface area contributed by atoms with E-state index in [2.05, 4.69) is 15.5 Å². The highest BCUT2D eigenvalue weighted by Gasteiger charge is 2.50. The highest BCUT2D eigenvalue weighted by molar-refractivity contribution is 6.09. The average Bonchev–Trinajstić information content (AvgIpc) is 3.56. The number of hydrogen-bond donors (Lipinski definition) is 2. The number of nitrogens with zero attached hydrogens (tertiary/aromatic N) is 6.